The molecule has 2 aromatic carbocycles. The van der Waals surface area contributed by atoms with Crippen molar-refractivity contribution in [2.45, 2.75) is 6.54 Å². The van der Waals surface area contributed by atoms with Crippen LogP contribution in [0.5, 0.6) is 0 Å². The van der Waals surface area contributed by atoms with Gasteiger partial charge < -0.3 is 5.32 Å². The van der Waals surface area contributed by atoms with Crippen LogP contribution in [0, 0.1) is 0 Å². The van der Waals surface area contributed by atoms with Crippen LogP contribution in [-0.4, -0.2) is 21.2 Å². The van der Waals surface area contributed by atoms with Crippen LogP contribution >= 0.6 is 0 Å². The zero-order chi connectivity index (χ0) is 15.4. The second-order valence-corrected chi connectivity index (χ2v) is 4.73. The van der Waals surface area contributed by atoms with Crippen LogP contribution in [0.1, 0.15) is 5.56 Å². The fourth-order valence-corrected chi connectivity index (χ4v) is 2.18. The van der Waals surface area contributed by atoms with Crippen molar-refractivity contribution in [2.24, 2.45) is 0 Å². The van der Waals surface area contributed by atoms with Gasteiger partial charge in [0.1, 0.15) is 0 Å². The van der Waals surface area contributed by atoms with E-state index >= 15 is 0 Å². The predicted molar refractivity (Wildman–Crippen MR) is 82.5 cm³/mol. The van der Waals surface area contributed by atoms with Gasteiger partial charge in [0.05, 0.1) is 5.69 Å². The Morgan fingerprint density at radius 2 is 1.95 bits per heavy atom. The normalized spacial score (nSPS) is 10.4. The van der Waals surface area contributed by atoms with Gasteiger partial charge in [-0.1, -0.05) is 42.5 Å². The first kappa shape index (κ1) is 13.8. The smallest absolute Gasteiger partial charge is 0.348 e. The van der Waals surface area contributed by atoms with Gasteiger partial charge in [0.25, 0.3) is 0 Å². The minimum absolute atomic E-state index is 0.306. The highest BCUT2D eigenvalue weighted by Crippen LogP contribution is 2.14. The van der Waals surface area contributed by atoms with Crippen LogP contribution in [-0.2, 0) is 11.3 Å². The molecule has 3 aromatic rings. The molecular formula is C16H14N4O2. The lowest BCUT2D eigenvalue weighted by Gasteiger charge is -2.03. The van der Waals surface area contributed by atoms with Crippen molar-refractivity contribution < 1.29 is 4.79 Å². The lowest BCUT2D eigenvalue weighted by atomic mass is 10.2. The average Bonchev–Trinajstić information content (AvgIpc) is 2.96. The highest BCUT2D eigenvalue weighted by atomic mass is 16.2. The van der Waals surface area contributed by atoms with Crippen LogP contribution in [0.25, 0.3) is 17.1 Å². The molecular weight excluding hydrogens is 280 g/mol. The number of amides is 1. The van der Waals surface area contributed by atoms with E-state index in [9.17, 15) is 9.59 Å². The maximum absolute atomic E-state index is 12.1. The number of aromatic amines is 1. The molecule has 0 aliphatic heterocycles. The number of nitrogens with one attached hydrogen (secondary N) is 2. The van der Waals surface area contributed by atoms with Crippen molar-refractivity contribution in [3.63, 3.8) is 0 Å². The molecule has 0 saturated carbocycles. The van der Waals surface area contributed by atoms with E-state index in [1.807, 2.05) is 48.5 Å². The van der Waals surface area contributed by atoms with Crippen molar-refractivity contribution in [1.29, 1.82) is 0 Å². The molecule has 1 amide bonds. The molecule has 1 aromatic heterocycles. The first-order chi connectivity index (χ1) is 10.8. The molecule has 2 N–H and O–H groups in total. The zero-order valence-electron chi connectivity index (χ0n) is 11.7. The van der Waals surface area contributed by atoms with Gasteiger partial charge in [-0.05, 0) is 17.7 Å². The first-order valence-electron chi connectivity index (χ1n) is 6.79. The monoisotopic (exact) mass is 294 g/mol. The third-order valence-corrected chi connectivity index (χ3v) is 3.21. The van der Waals surface area contributed by atoms with E-state index in [-0.39, 0.29) is 5.69 Å². The Kier molecular flexibility index (Phi) is 3.82. The molecule has 0 aliphatic rings. The summed E-state index contributed by atoms with van der Waals surface area (Å²) in [5, 5.41) is 6.92. The second-order valence-electron chi connectivity index (χ2n) is 4.73. The Bertz CT molecular complexity index is 837. The molecule has 0 spiro atoms. The van der Waals surface area contributed by atoms with Crippen molar-refractivity contribution in [2.75, 3.05) is 0 Å². The van der Waals surface area contributed by atoms with E-state index in [2.05, 4.69) is 15.4 Å². The molecule has 3 rings (SSSR count). The number of carbonyl (C=O) groups excluding carboxylic acids is 1. The van der Waals surface area contributed by atoms with Crippen LogP contribution in [0.15, 0.2) is 59.4 Å². The molecule has 6 heteroatoms. The number of benzene rings is 2. The average molecular weight is 294 g/mol. The van der Waals surface area contributed by atoms with Crippen LogP contribution in [0.3, 0.4) is 0 Å². The molecule has 0 fully saturated rings. The topological polar surface area (TPSA) is 79.8 Å². The van der Waals surface area contributed by atoms with E-state index in [1.165, 1.54) is 4.68 Å². The first-order valence-corrected chi connectivity index (χ1v) is 6.79. The van der Waals surface area contributed by atoms with E-state index in [0.29, 0.717) is 24.5 Å². The van der Waals surface area contributed by atoms with Crippen molar-refractivity contribution in [3.05, 3.63) is 70.6 Å². The maximum Gasteiger partial charge on any atom is 0.348 e. The summed E-state index contributed by atoms with van der Waals surface area (Å²) in [6.07, 6.45) is 0.640. The number of carbonyl (C=O) groups is 1. The fourth-order valence-electron chi connectivity index (χ4n) is 2.18. The third-order valence-electron chi connectivity index (χ3n) is 3.21. The molecule has 0 unspecified atom stereocenters. The number of rotatable bonds is 5. The molecule has 0 atom stereocenters. The highest BCUT2D eigenvalue weighted by molar-refractivity contribution is 5.54. The summed E-state index contributed by atoms with van der Waals surface area (Å²) in [5.74, 6) is 0.516. The standard InChI is InChI=1S/C16H14N4O2/c21-11-17-10-12-5-4-8-14(9-12)20-16(22)18-15(19-20)13-6-2-1-3-7-13/h1-9,11H,10H2,(H,17,21)(H,18,19,22). The number of hydrogen-bond acceptors (Lipinski definition) is 3. The van der Waals surface area contributed by atoms with Crippen molar-refractivity contribution >= 4 is 6.41 Å². The Morgan fingerprint density at radius 1 is 1.14 bits per heavy atom. The largest absolute Gasteiger partial charge is 0.355 e. The summed E-state index contributed by atoms with van der Waals surface area (Å²) < 4.78 is 1.31. The molecule has 1 heterocycles. The summed E-state index contributed by atoms with van der Waals surface area (Å²) in [7, 11) is 0. The van der Waals surface area contributed by atoms with Gasteiger partial charge >= 0.3 is 5.69 Å². The SMILES string of the molecule is O=CNCc1cccc(-n2nc(-c3ccccc3)[nH]c2=O)c1. The van der Waals surface area contributed by atoms with E-state index in [1.54, 1.807) is 6.07 Å². The molecule has 0 aliphatic carbocycles. The van der Waals surface area contributed by atoms with Crippen LogP contribution in [0.4, 0.5) is 0 Å². The summed E-state index contributed by atoms with van der Waals surface area (Å²) in [4.78, 5) is 25.2. The molecule has 110 valence electrons. The third kappa shape index (κ3) is 2.80. The Hall–Kier alpha value is -3.15. The molecule has 6 nitrogen and oxygen atoms in total. The van der Waals surface area contributed by atoms with Crippen molar-refractivity contribution in [1.82, 2.24) is 20.1 Å². The minimum atomic E-state index is -0.306. The minimum Gasteiger partial charge on any atom is -0.355 e. The number of H-pyrrole nitrogens is 1. The quantitative estimate of drug-likeness (QED) is 0.699. The van der Waals surface area contributed by atoms with Crippen molar-refractivity contribution in [3.8, 4) is 17.1 Å². The summed E-state index contributed by atoms with van der Waals surface area (Å²) in [5.41, 5.74) is 2.07. The Labute approximate surface area is 126 Å². The van der Waals surface area contributed by atoms with Gasteiger partial charge in [0.2, 0.25) is 6.41 Å². The van der Waals surface area contributed by atoms with Gasteiger partial charge in [0, 0.05) is 12.1 Å². The Morgan fingerprint density at radius 3 is 2.73 bits per heavy atom. The lowest BCUT2D eigenvalue weighted by molar-refractivity contribution is -0.109. The van der Waals surface area contributed by atoms with E-state index in [4.69, 9.17) is 0 Å². The molecule has 22 heavy (non-hydrogen) atoms. The van der Waals surface area contributed by atoms with Gasteiger partial charge in [-0.3, -0.25) is 9.78 Å². The van der Waals surface area contributed by atoms with Gasteiger partial charge in [-0.15, -0.1) is 5.10 Å². The molecule has 0 saturated heterocycles. The number of hydrogen-bond donors (Lipinski definition) is 2. The Balaban J connectivity index is 1.97. The van der Waals surface area contributed by atoms with Gasteiger partial charge in [-0.2, -0.15) is 4.68 Å². The number of nitrogens with zero attached hydrogens (tertiary/aromatic N) is 2. The van der Waals surface area contributed by atoms with E-state index in [0.717, 1.165) is 11.1 Å². The zero-order valence-corrected chi connectivity index (χ0v) is 11.7. The fraction of sp³-hybridized carbons (Fsp3) is 0.0625. The predicted octanol–water partition coefficient (Wildman–Crippen LogP) is 1.47. The summed E-state index contributed by atoms with van der Waals surface area (Å²) in [6.45, 7) is 0.405. The molecule has 0 radical (unpaired) electrons. The second kappa shape index (κ2) is 6.09. The van der Waals surface area contributed by atoms with Gasteiger partial charge in [0.15, 0.2) is 5.82 Å². The molecule has 0 bridgehead atoms. The summed E-state index contributed by atoms with van der Waals surface area (Å²) >= 11 is 0. The highest BCUT2D eigenvalue weighted by Gasteiger charge is 2.09. The van der Waals surface area contributed by atoms with Gasteiger partial charge in [-0.25, -0.2) is 4.79 Å². The summed E-state index contributed by atoms with van der Waals surface area (Å²) in [6, 6.07) is 16.7. The number of aromatic nitrogens is 3. The lowest BCUT2D eigenvalue weighted by Crippen LogP contribution is -2.16. The van der Waals surface area contributed by atoms with Crippen LogP contribution in [0.2, 0.25) is 0 Å². The van der Waals surface area contributed by atoms with Crippen LogP contribution < -0.4 is 11.0 Å². The van der Waals surface area contributed by atoms with E-state index < -0.39 is 0 Å². The maximum atomic E-state index is 12.1.